The molecule has 9 heteroatoms. The van der Waals surface area contributed by atoms with Gasteiger partial charge in [-0.15, -0.1) is 5.10 Å². The van der Waals surface area contributed by atoms with Crippen LogP contribution in [0.2, 0.25) is 0 Å². The predicted molar refractivity (Wildman–Crippen MR) is 109 cm³/mol. The minimum atomic E-state index is -0.410. The van der Waals surface area contributed by atoms with Gasteiger partial charge in [-0.05, 0) is 24.8 Å². The van der Waals surface area contributed by atoms with E-state index in [1.165, 1.54) is 0 Å². The molecule has 1 aliphatic heterocycles. The van der Waals surface area contributed by atoms with Crippen molar-refractivity contribution in [2.75, 3.05) is 16.4 Å². The highest BCUT2D eigenvalue weighted by Gasteiger charge is 2.35. The molecule has 2 N–H and O–H groups in total. The Hall–Kier alpha value is -3.07. The van der Waals surface area contributed by atoms with E-state index in [0.717, 1.165) is 22.7 Å². The summed E-state index contributed by atoms with van der Waals surface area (Å²) >= 11 is 1.56. The van der Waals surface area contributed by atoms with Gasteiger partial charge in [-0.1, -0.05) is 36.9 Å². The molecule has 0 fully saturated rings. The second-order valence-corrected chi connectivity index (χ2v) is 7.66. The predicted octanol–water partition coefficient (Wildman–Crippen LogP) is 3.05. The van der Waals surface area contributed by atoms with Gasteiger partial charge in [0.05, 0.1) is 11.8 Å². The quantitative estimate of drug-likeness (QED) is 0.646. The van der Waals surface area contributed by atoms with Crippen LogP contribution < -0.4 is 10.6 Å². The summed E-state index contributed by atoms with van der Waals surface area (Å²) in [7, 11) is 1.85. The number of benzene rings is 1. The van der Waals surface area contributed by atoms with Gasteiger partial charge in [0, 0.05) is 30.2 Å². The normalized spacial score (nSPS) is 15.9. The number of carbonyl (C=O) groups excluding carboxylic acids is 1. The molecule has 2 aromatic heterocycles. The third kappa shape index (κ3) is 3.40. The van der Waals surface area contributed by atoms with Crippen molar-refractivity contribution in [3.63, 3.8) is 0 Å². The summed E-state index contributed by atoms with van der Waals surface area (Å²) in [6, 6.07) is 9.00. The Balaban J connectivity index is 1.77. The lowest BCUT2D eigenvalue weighted by Gasteiger charge is -2.27. The zero-order valence-electron chi connectivity index (χ0n) is 15.9. The molecule has 0 aliphatic carbocycles. The fourth-order valence-corrected chi connectivity index (χ4v) is 3.78. The molecule has 144 valence electrons. The molecule has 8 nitrogen and oxygen atoms in total. The van der Waals surface area contributed by atoms with Gasteiger partial charge in [0.1, 0.15) is 6.04 Å². The number of hydrogen-bond donors (Lipinski definition) is 2. The summed E-state index contributed by atoms with van der Waals surface area (Å²) in [5.74, 6) is 1.31. The number of aryl methyl sites for hydroxylation is 1. The van der Waals surface area contributed by atoms with Crippen LogP contribution >= 0.6 is 11.8 Å². The van der Waals surface area contributed by atoms with Crippen LogP contribution in [0.4, 0.5) is 11.6 Å². The summed E-state index contributed by atoms with van der Waals surface area (Å²) in [4.78, 5) is 17.8. The molecule has 0 unspecified atom stereocenters. The molecule has 1 amide bonds. The van der Waals surface area contributed by atoms with Gasteiger partial charge in [-0.3, -0.25) is 9.48 Å². The maximum Gasteiger partial charge on any atom is 0.255 e. The van der Waals surface area contributed by atoms with Crippen molar-refractivity contribution in [2.45, 2.75) is 25.0 Å². The number of hydrogen-bond acceptors (Lipinski definition) is 6. The van der Waals surface area contributed by atoms with Crippen LogP contribution in [0.3, 0.4) is 0 Å². The number of thioether (sulfide) groups is 1. The molecule has 1 aliphatic rings. The van der Waals surface area contributed by atoms with E-state index in [2.05, 4.69) is 32.7 Å². The molecule has 4 rings (SSSR count). The molecule has 1 aromatic carbocycles. The SMILES string of the molecule is CCSc1nc2n(n1)[C@H](c1cnn(C)c1)C(C(=O)Nc1ccccc1)=C(C)N2. The molecule has 3 heterocycles. The number of para-hydroxylation sites is 1. The van der Waals surface area contributed by atoms with Crippen molar-refractivity contribution in [3.05, 3.63) is 59.6 Å². The average Bonchev–Trinajstić information content (AvgIpc) is 3.27. The van der Waals surface area contributed by atoms with Crippen LogP contribution in [0.15, 0.2) is 59.2 Å². The lowest BCUT2D eigenvalue weighted by atomic mass is 9.97. The first kappa shape index (κ1) is 18.3. The van der Waals surface area contributed by atoms with Crippen LogP contribution in [0.1, 0.15) is 25.5 Å². The first-order chi connectivity index (χ1) is 13.6. The number of nitrogens with zero attached hydrogens (tertiary/aromatic N) is 5. The average molecular weight is 395 g/mol. The molecular weight excluding hydrogens is 374 g/mol. The van der Waals surface area contributed by atoms with Crippen molar-refractivity contribution < 1.29 is 4.79 Å². The fourth-order valence-electron chi connectivity index (χ4n) is 3.23. The van der Waals surface area contributed by atoms with Gasteiger partial charge >= 0.3 is 0 Å². The Kier molecular flexibility index (Phi) is 4.91. The molecule has 0 bridgehead atoms. The van der Waals surface area contributed by atoms with E-state index in [1.807, 2.05) is 50.5 Å². The lowest BCUT2D eigenvalue weighted by Crippen LogP contribution is -2.31. The van der Waals surface area contributed by atoms with Crippen LogP contribution in [0.25, 0.3) is 0 Å². The molecule has 1 atom stereocenters. The topological polar surface area (TPSA) is 89.7 Å². The number of nitrogens with one attached hydrogen (secondary N) is 2. The van der Waals surface area contributed by atoms with E-state index < -0.39 is 6.04 Å². The van der Waals surface area contributed by atoms with E-state index in [-0.39, 0.29) is 5.91 Å². The zero-order chi connectivity index (χ0) is 19.7. The Labute approximate surface area is 167 Å². The number of amides is 1. The molecule has 0 saturated heterocycles. The molecule has 0 saturated carbocycles. The number of carbonyl (C=O) groups is 1. The van der Waals surface area contributed by atoms with E-state index in [4.69, 9.17) is 0 Å². The Morgan fingerprint density at radius 1 is 1.32 bits per heavy atom. The van der Waals surface area contributed by atoms with E-state index in [0.29, 0.717) is 16.7 Å². The third-order valence-electron chi connectivity index (χ3n) is 4.42. The Morgan fingerprint density at radius 3 is 2.79 bits per heavy atom. The largest absolute Gasteiger partial charge is 0.328 e. The van der Waals surface area contributed by atoms with E-state index in [1.54, 1.807) is 27.3 Å². The second-order valence-electron chi connectivity index (χ2n) is 6.43. The van der Waals surface area contributed by atoms with E-state index >= 15 is 0 Å². The molecule has 28 heavy (non-hydrogen) atoms. The number of fused-ring (bicyclic) bond motifs is 1. The maximum absolute atomic E-state index is 13.2. The highest BCUT2D eigenvalue weighted by atomic mass is 32.2. The van der Waals surface area contributed by atoms with Gasteiger partial charge < -0.3 is 10.6 Å². The van der Waals surface area contributed by atoms with Gasteiger partial charge in [0.2, 0.25) is 11.1 Å². The second kappa shape index (κ2) is 7.51. The highest BCUT2D eigenvalue weighted by molar-refractivity contribution is 7.99. The fraction of sp³-hybridized carbons (Fsp3) is 0.263. The van der Waals surface area contributed by atoms with Crippen molar-refractivity contribution in [2.24, 2.45) is 7.05 Å². The van der Waals surface area contributed by atoms with Gasteiger partial charge in [-0.25, -0.2) is 4.68 Å². The van der Waals surface area contributed by atoms with E-state index in [9.17, 15) is 4.79 Å². The number of aromatic nitrogens is 5. The summed E-state index contributed by atoms with van der Waals surface area (Å²) in [6.07, 6.45) is 3.66. The van der Waals surface area contributed by atoms with Crippen molar-refractivity contribution >= 4 is 29.3 Å². The number of allylic oxidation sites excluding steroid dienone is 1. The number of rotatable bonds is 5. The smallest absolute Gasteiger partial charge is 0.255 e. The Morgan fingerprint density at radius 2 is 2.11 bits per heavy atom. The Bertz CT molecular complexity index is 1040. The van der Waals surface area contributed by atoms with Crippen molar-refractivity contribution in [1.29, 1.82) is 0 Å². The van der Waals surface area contributed by atoms with Crippen LogP contribution in [-0.2, 0) is 11.8 Å². The standard InChI is InChI=1S/C19H21N7OS/c1-4-28-19-23-18-21-12(2)15(17(27)22-14-8-6-5-7-9-14)16(26(18)24-19)13-10-20-25(3)11-13/h5-11,16H,4H2,1-3H3,(H,22,27)(H,21,23,24)/t16-/m1/s1. The molecule has 3 aromatic rings. The lowest BCUT2D eigenvalue weighted by molar-refractivity contribution is -0.113. The first-order valence-corrected chi connectivity index (χ1v) is 9.97. The van der Waals surface area contributed by atoms with Gasteiger partial charge in [-0.2, -0.15) is 10.1 Å². The maximum atomic E-state index is 13.2. The summed E-state index contributed by atoms with van der Waals surface area (Å²) < 4.78 is 3.49. The molecular formula is C19H21N7OS. The van der Waals surface area contributed by atoms with Crippen LogP contribution in [0.5, 0.6) is 0 Å². The summed E-state index contributed by atoms with van der Waals surface area (Å²) in [5, 5.41) is 15.8. The minimum Gasteiger partial charge on any atom is -0.328 e. The van der Waals surface area contributed by atoms with Crippen molar-refractivity contribution in [1.82, 2.24) is 24.5 Å². The molecule has 0 spiro atoms. The number of anilines is 2. The highest BCUT2D eigenvalue weighted by Crippen LogP contribution is 2.36. The zero-order valence-corrected chi connectivity index (χ0v) is 16.7. The minimum absolute atomic E-state index is 0.184. The van der Waals surface area contributed by atoms with Crippen molar-refractivity contribution in [3.8, 4) is 0 Å². The van der Waals surface area contributed by atoms with Gasteiger partial charge in [0.15, 0.2) is 0 Å². The molecule has 0 radical (unpaired) electrons. The summed E-state index contributed by atoms with van der Waals surface area (Å²) in [5.41, 5.74) is 2.95. The van der Waals surface area contributed by atoms with Crippen LogP contribution in [-0.4, -0.2) is 36.2 Å². The van der Waals surface area contributed by atoms with Gasteiger partial charge in [0.25, 0.3) is 5.91 Å². The van der Waals surface area contributed by atoms with Crippen LogP contribution in [0, 0.1) is 0 Å². The summed E-state index contributed by atoms with van der Waals surface area (Å²) in [6.45, 7) is 3.94. The first-order valence-electron chi connectivity index (χ1n) is 8.99. The monoisotopic (exact) mass is 395 g/mol. The third-order valence-corrected chi connectivity index (χ3v) is 5.14.